The number of nitrogens with zero attached hydrogens (tertiary/aromatic N) is 1. The van der Waals surface area contributed by atoms with Crippen LogP contribution in [-0.4, -0.2) is 24.4 Å². The van der Waals surface area contributed by atoms with E-state index < -0.39 is 0 Å². The average Bonchev–Trinajstić information content (AvgIpc) is 3.30. The van der Waals surface area contributed by atoms with Crippen LogP contribution in [0.2, 0.25) is 6.32 Å². The van der Waals surface area contributed by atoms with Crippen LogP contribution >= 0.6 is 0 Å². The number of aryl methyl sites for hydroxylation is 3. The quantitative estimate of drug-likeness (QED) is 0.238. The van der Waals surface area contributed by atoms with Gasteiger partial charge in [0.25, 0.3) is 0 Å². The van der Waals surface area contributed by atoms with Crippen molar-refractivity contribution in [1.82, 2.24) is 9.97 Å². The molecule has 0 saturated carbocycles. The molecule has 4 heteroatoms. The number of hydrogen-bond donors (Lipinski definition) is 1. The lowest BCUT2D eigenvalue weighted by Crippen LogP contribution is -2.16. The molecule has 3 nitrogen and oxygen atoms in total. The largest absolute Gasteiger partial charge is 0.496 e. The Balaban J connectivity index is 0.000000303. The lowest BCUT2D eigenvalue weighted by atomic mass is 9.65. The molecule has 0 aliphatic heterocycles. The predicted octanol–water partition coefficient (Wildman–Crippen LogP) is 6.16. The minimum absolute atomic E-state index is 0.543. The molecule has 0 aliphatic carbocycles. The van der Waals surface area contributed by atoms with Crippen molar-refractivity contribution >= 4 is 12.7 Å². The van der Waals surface area contributed by atoms with E-state index in [1.807, 2.05) is 12.1 Å². The number of ether oxygens (including phenoxy) is 1. The molecule has 3 aromatic rings. The van der Waals surface area contributed by atoms with Crippen LogP contribution in [0.5, 0.6) is 5.75 Å². The number of nitrogens with one attached hydrogen (secondary N) is 1. The smallest absolute Gasteiger partial charge is 0.158 e. The van der Waals surface area contributed by atoms with Gasteiger partial charge in [-0.15, -0.1) is 0 Å². The highest BCUT2D eigenvalue weighted by Crippen LogP contribution is 2.19. The maximum atomic E-state index is 5.38. The Kier molecular flexibility index (Phi) is 11.4. The van der Waals surface area contributed by atoms with E-state index >= 15 is 0 Å². The number of allylic oxidation sites excluding steroid dienone is 2. The normalized spacial score (nSPS) is 10.8. The van der Waals surface area contributed by atoms with Gasteiger partial charge in [-0.25, -0.2) is 4.98 Å². The fraction of sp³-hybridized carbons (Fsp3) is 0.393. The molecule has 2 aromatic carbocycles. The third kappa shape index (κ3) is 8.41. The fourth-order valence-corrected chi connectivity index (χ4v) is 3.80. The third-order valence-corrected chi connectivity index (χ3v) is 5.67. The van der Waals surface area contributed by atoms with E-state index in [2.05, 4.69) is 86.2 Å². The Morgan fingerprint density at radius 1 is 1.03 bits per heavy atom. The molecule has 32 heavy (non-hydrogen) atoms. The van der Waals surface area contributed by atoms with Crippen LogP contribution in [0.25, 0.3) is 0 Å². The molecule has 1 N–H and O–H groups in total. The molecule has 0 spiro atoms. The maximum absolute atomic E-state index is 5.38. The highest BCUT2D eigenvalue weighted by atomic mass is 16.5. The van der Waals surface area contributed by atoms with Crippen molar-refractivity contribution in [2.45, 2.75) is 65.6 Å². The number of aromatic amines is 1. The highest BCUT2D eigenvalue weighted by molar-refractivity contribution is 6.54. The zero-order valence-electron chi connectivity index (χ0n) is 20.5. The second-order valence-corrected chi connectivity index (χ2v) is 8.42. The van der Waals surface area contributed by atoms with Crippen LogP contribution in [-0.2, 0) is 12.8 Å². The fourth-order valence-electron chi connectivity index (χ4n) is 3.80. The summed E-state index contributed by atoms with van der Waals surface area (Å²) >= 11 is 0. The lowest BCUT2D eigenvalue weighted by Gasteiger charge is -2.06. The molecular weight excluding hydrogens is 391 g/mol. The second kappa shape index (κ2) is 14.3. The summed E-state index contributed by atoms with van der Waals surface area (Å²) in [5.74, 6) is 1.54. The molecule has 0 atom stereocenters. The molecule has 0 aliphatic rings. The van der Waals surface area contributed by atoms with Crippen molar-refractivity contribution in [2.24, 2.45) is 0 Å². The van der Waals surface area contributed by atoms with Crippen molar-refractivity contribution in [3.8, 4) is 5.75 Å². The van der Waals surface area contributed by atoms with E-state index in [-0.39, 0.29) is 0 Å². The molecule has 0 amide bonds. The first kappa shape index (κ1) is 25.5. The minimum atomic E-state index is 0.543. The van der Waals surface area contributed by atoms with Crippen molar-refractivity contribution in [3.05, 3.63) is 89.5 Å². The van der Waals surface area contributed by atoms with Gasteiger partial charge in [-0.1, -0.05) is 92.7 Å². The summed E-state index contributed by atoms with van der Waals surface area (Å²) in [6, 6.07) is 16.9. The Hall–Kier alpha value is -2.75. The van der Waals surface area contributed by atoms with Gasteiger partial charge in [-0.3, -0.25) is 0 Å². The first-order chi connectivity index (χ1) is 15.6. The zero-order valence-corrected chi connectivity index (χ0v) is 20.5. The molecule has 0 bridgehead atoms. The van der Waals surface area contributed by atoms with Gasteiger partial charge in [0.15, 0.2) is 7.28 Å². The van der Waals surface area contributed by atoms with E-state index in [0.29, 0.717) is 5.92 Å². The van der Waals surface area contributed by atoms with Gasteiger partial charge in [-0.05, 0) is 50.2 Å². The first-order valence-electron chi connectivity index (χ1n) is 11.9. The van der Waals surface area contributed by atoms with Crippen LogP contribution < -0.4 is 10.2 Å². The number of methoxy groups -OCH3 is 1. The standard InChI is InChI=1S/C20H25BO.C8H14N2/c1-17-11-6-8-14-19(17)21-16-10-4-3-5-12-18-13-7-9-15-20(18)22-2;1-4-7-8(6(2)3)10-5-9-7/h3-4,6-9,11,13-15,21H,5,10,12,16H2,1-2H3;5-6H,4H2,1-3H3,(H,9,10). The maximum Gasteiger partial charge on any atom is 0.158 e. The molecule has 0 radical (unpaired) electrons. The minimum Gasteiger partial charge on any atom is -0.496 e. The zero-order chi connectivity index (χ0) is 23.2. The lowest BCUT2D eigenvalue weighted by molar-refractivity contribution is 0.409. The van der Waals surface area contributed by atoms with E-state index in [1.54, 1.807) is 13.4 Å². The number of imidazole rings is 1. The van der Waals surface area contributed by atoms with Crippen LogP contribution in [0, 0.1) is 6.92 Å². The molecule has 1 aromatic heterocycles. The van der Waals surface area contributed by atoms with E-state index in [4.69, 9.17) is 4.74 Å². The van der Waals surface area contributed by atoms with E-state index in [0.717, 1.165) is 31.4 Å². The molecular formula is C28H39BN2O. The summed E-state index contributed by atoms with van der Waals surface area (Å²) in [5, 5.41) is 0. The van der Waals surface area contributed by atoms with Gasteiger partial charge in [-0.2, -0.15) is 0 Å². The third-order valence-electron chi connectivity index (χ3n) is 5.67. The number of hydrogen-bond acceptors (Lipinski definition) is 2. The number of aromatic nitrogens is 2. The summed E-state index contributed by atoms with van der Waals surface area (Å²) in [4.78, 5) is 7.36. The monoisotopic (exact) mass is 430 g/mol. The van der Waals surface area contributed by atoms with Crippen LogP contribution in [0.3, 0.4) is 0 Å². The Morgan fingerprint density at radius 3 is 2.44 bits per heavy atom. The van der Waals surface area contributed by atoms with Crippen LogP contribution in [0.4, 0.5) is 0 Å². The van der Waals surface area contributed by atoms with Gasteiger partial charge in [0.05, 0.1) is 19.1 Å². The topological polar surface area (TPSA) is 37.9 Å². The molecule has 1 heterocycles. The van der Waals surface area contributed by atoms with Crippen molar-refractivity contribution in [3.63, 3.8) is 0 Å². The van der Waals surface area contributed by atoms with Crippen LogP contribution in [0.15, 0.2) is 67.0 Å². The van der Waals surface area contributed by atoms with Gasteiger partial charge in [0.2, 0.25) is 0 Å². The molecule has 0 saturated heterocycles. The number of para-hydroxylation sites is 1. The Bertz CT molecular complexity index is 946. The van der Waals surface area contributed by atoms with Gasteiger partial charge < -0.3 is 9.72 Å². The Labute approximate surface area is 195 Å². The van der Waals surface area contributed by atoms with E-state index in [1.165, 1.54) is 41.6 Å². The molecule has 0 unspecified atom stereocenters. The first-order valence-corrected chi connectivity index (χ1v) is 11.9. The summed E-state index contributed by atoms with van der Waals surface area (Å²) < 4.78 is 5.38. The summed E-state index contributed by atoms with van der Waals surface area (Å²) in [5.41, 5.74) is 6.65. The average molecular weight is 430 g/mol. The molecule has 170 valence electrons. The predicted molar refractivity (Wildman–Crippen MR) is 140 cm³/mol. The summed E-state index contributed by atoms with van der Waals surface area (Å²) in [6.45, 7) is 8.66. The number of H-pyrrole nitrogens is 1. The van der Waals surface area contributed by atoms with E-state index in [9.17, 15) is 0 Å². The molecule has 3 rings (SSSR count). The number of rotatable bonds is 10. The SMILES string of the molecule is CCc1[nH]cnc1C(C)C.COc1ccccc1CCC=CCCBc1ccccc1C. The molecule has 0 fully saturated rings. The highest BCUT2D eigenvalue weighted by Gasteiger charge is 2.06. The van der Waals surface area contributed by atoms with Crippen molar-refractivity contribution < 1.29 is 4.74 Å². The Morgan fingerprint density at radius 2 is 1.75 bits per heavy atom. The second-order valence-electron chi connectivity index (χ2n) is 8.42. The summed E-state index contributed by atoms with van der Waals surface area (Å²) in [7, 11) is 2.91. The number of benzene rings is 2. The van der Waals surface area contributed by atoms with Crippen molar-refractivity contribution in [1.29, 1.82) is 0 Å². The van der Waals surface area contributed by atoms with Gasteiger partial charge in [0.1, 0.15) is 5.75 Å². The van der Waals surface area contributed by atoms with Crippen molar-refractivity contribution in [2.75, 3.05) is 7.11 Å². The van der Waals surface area contributed by atoms with Gasteiger partial charge >= 0.3 is 0 Å². The van der Waals surface area contributed by atoms with Crippen LogP contribution in [0.1, 0.15) is 62.0 Å². The van der Waals surface area contributed by atoms with Gasteiger partial charge in [0, 0.05) is 5.69 Å². The summed E-state index contributed by atoms with van der Waals surface area (Å²) in [6.07, 6.45) is 11.9.